The summed E-state index contributed by atoms with van der Waals surface area (Å²) < 4.78 is 0. The van der Waals surface area contributed by atoms with Crippen molar-refractivity contribution in [2.45, 2.75) is 59.0 Å². The van der Waals surface area contributed by atoms with Gasteiger partial charge >= 0.3 is 0 Å². The monoisotopic (exact) mass is 269 g/mol. The molecule has 0 aromatic heterocycles. The lowest BCUT2D eigenvalue weighted by Gasteiger charge is -2.33. The van der Waals surface area contributed by atoms with Gasteiger partial charge in [-0.3, -0.25) is 4.79 Å². The smallest absolute Gasteiger partial charge is 0.237 e. The first-order valence-electron chi connectivity index (χ1n) is 7.66. The zero-order chi connectivity index (χ0) is 14.4. The van der Waals surface area contributed by atoms with Gasteiger partial charge in [-0.15, -0.1) is 0 Å². The predicted molar refractivity (Wildman–Crippen MR) is 79.9 cm³/mol. The first-order chi connectivity index (χ1) is 8.88. The number of piperidine rings is 1. The average Bonchev–Trinajstić information content (AvgIpc) is 2.30. The lowest BCUT2D eigenvalue weighted by Crippen LogP contribution is -2.50. The van der Waals surface area contributed by atoms with E-state index in [0.717, 1.165) is 38.9 Å². The molecule has 1 aliphatic rings. The van der Waals surface area contributed by atoms with Gasteiger partial charge in [0, 0.05) is 25.7 Å². The van der Waals surface area contributed by atoms with Crippen LogP contribution >= 0.6 is 0 Å². The van der Waals surface area contributed by atoms with Crippen LogP contribution in [0.3, 0.4) is 0 Å². The molecule has 0 radical (unpaired) electrons. The molecule has 1 rings (SSSR count). The Kier molecular flexibility index (Phi) is 6.80. The quantitative estimate of drug-likeness (QED) is 0.770. The Labute approximate surface area is 118 Å². The molecule has 0 bridgehead atoms. The van der Waals surface area contributed by atoms with Gasteiger partial charge in [0.1, 0.15) is 0 Å². The third-order valence-electron chi connectivity index (χ3n) is 3.62. The van der Waals surface area contributed by atoms with Crippen LogP contribution in [-0.4, -0.2) is 42.5 Å². The maximum absolute atomic E-state index is 12.0. The standard InChI is InChI=1S/C15H31N3O/c1-11(2)9-14(16)15(19)17-13-5-7-18(8-6-13)10-12(3)4/h11-14H,5-10,16H2,1-4H3,(H,17,19)/t14-/m0/s1. The van der Waals surface area contributed by atoms with E-state index in [2.05, 4.69) is 37.9 Å². The molecule has 4 heteroatoms. The molecular formula is C15H31N3O. The van der Waals surface area contributed by atoms with Gasteiger partial charge in [-0.1, -0.05) is 27.7 Å². The van der Waals surface area contributed by atoms with Crippen LogP contribution in [0.2, 0.25) is 0 Å². The first-order valence-corrected chi connectivity index (χ1v) is 7.66. The van der Waals surface area contributed by atoms with Crippen molar-refractivity contribution in [3.05, 3.63) is 0 Å². The number of nitrogens with two attached hydrogens (primary N) is 1. The Morgan fingerprint density at radius 3 is 2.26 bits per heavy atom. The lowest BCUT2D eigenvalue weighted by atomic mass is 10.0. The number of carbonyl (C=O) groups is 1. The molecule has 3 N–H and O–H groups in total. The van der Waals surface area contributed by atoms with E-state index in [1.807, 2.05) is 0 Å². The first kappa shape index (κ1) is 16.4. The molecule has 112 valence electrons. The topological polar surface area (TPSA) is 58.4 Å². The van der Waals surface area contributed by atoms with E-state index >= 15 is 0 Å². The summed E-state index contributed by atoms with van der Waals surface area (Å²) in [5, 5.41) is 3.11. The second-order valence-corrected chi connectivity index (χ2v) is 6.71. The zero-order valence-electron chi connectivity index (χ0n) is 13.0. The van der Waals surface area contributed by atoms with Gasteiger partial charge in [0.15, 0.2) is 0 Å². The molecule has 0 saturated carbocycles. The van der Waals surface area contributed by atoms with E-state index in [1.54, 1.807) is 0 Å². The summed E-state index contributed by atoms with van der Waals surface area (Å²) >= 11 is 0. The summed E-state index contributed by atoms with van der Waals surface area (Å²) in [6, 6.07) is -0.0391. The minimum absolute atomic E-state index is 0.0241. The highest BCUT2D eigenvalue weighted by molar-refractivity contribution is 5.81. The van der Waals surface area contributed by atoms with Crippen LogP contribution < -0.4 is 11.1 Å². The highest BCUT2D eigenvalue weighted by Crippen LogP contribution is 2.12. The summed E-state index contributed by atoms with van der Waals surface area (Å²) in [5.41, 5.74) is 5.91. The van der Waals surface area contributed by atoms with Gasteiger partial charge in [0.2, 0.25) is 5.91 Å². The summed E-state index contributed by atoms with van der Waals surface area (Å²) in [6.07, 6.45) is 2.86. The molecule has 0 aromatic carbocycles. The molecule has 4 nitrogen and oxygen atoms in total. The normalized spacial score (nSPS) is 19.9. The maximum Gasteiger partial charge on any atom is 0.237 e. The number of rotatable bonds is 6. The van der Waals surface area contributed by atoms with Crippen LogP contribution in [0.5, 0.6) is 0 Å². The number of nitrogens with one attached hydrogen (secondary N) is 1. The van der Waals surface area contributed by atoms with Crippen molar-refractivity contribution < 1.29 is 4.79 Å². The van der Waals surface area contributed by atoms with Crippen molar-refractivity contribution >= 4 is 5.91 Å². The van der Waals surface area contributed by atoms with Gasteiger partial charge in [-0.05, 0) is 31.1 Å². The number of nitrogens with zero attached hydrogens (tertiary/aromatic N) is 1. The van der Waals surface area contributed by atoms with Crippen molar-refractivity contribution in [3.63, 3.8) is 0 Å². The molecule has 1 saturated heterocycles. The molecule has 19 heavy (non-hydrogen) atoms. The van der Waals surface area contributed by atoms with Crippen molar-refractivity contribution in [1.29, 1.82) is 0 Å². The third-order valence-corrected chi connectivity index (χ3v) is 3.62. The fraction of sp³-hybridized carbons (Fsp3) is 0.933. The molecule has 0 aliphatic carbocycles. The van der Waals surface area contributed by atoms with Crippen molar-refractivity contribution in [2.75, 3.05) is 19.6 Å². The molecule has 1 heterocycles. The summed E-state index contributed by atoms with van der Waals surface area (Å²) in [6.45, 7) is 12.0. The Hall–Kier alpha value is -0.610. The van der Waals surface area contributed by atoms with E-state index < -0.39 is 0 Å². The van der Waals surface area contributed by atoms with Crippen LogP contribution in [0.15, 0.2) is 0 Å². The van der Waals surface area contributed by atoms with Crippen molar-refractivity contribution in [2.24, 2.45) is 17.6 Å². The van der Waals surface area contributed by atoms with E-state index in [4.69, 9.17) is 5.73 Å². The van der Waals surface area contributed by atoms with Gasteiger partial charge in [-0.2, -0.15) is 0 Å². The summed E-state index contributed by atoms with van der Waals surface area (Å²) in [7, 11) is 0. The largest absolute Gasteiger partial charge is 0.352 e. The SMILES string of the molecule is CC(C)C[C@H](N)C(=O)NC1CCN(CC(C)C)CC1. The number of carbonyl (C=O) groups excluding carboxylic acids is 1. The van der Waals surface area contributed by atoms with E-state index in [9.17, 15) is 4.79 Å². The van der Waals surface area contributed by atoms with E-state index in [-0.39, 0.29) is 11.9 Å². The fourth-order valence-corrected chi connectivity index (χ4v) is 2.70. The number of hydrogen-bond acceptors (Lipinski definition) is 3. The summed E-state index contributed by atoms with van der Waals surface area (Å²) in [5.74, 6) is 1.20. The van der Waals surface area contributed by atoms with Gasteiger partial charge in [0.05, 0.1) is 6.04 Å². The summed E-state index contributed by atoms with van der Waals surface area (Å²) in [4.78, 5) is 14.4. The Balaban J connectivity index is 2.26. The second kappa shape index (κ2) is 7.85. The molecule has 1 aliphatic heterocycles. The Bertz CT molecular complexity index is 271. The predicted octanol–water partition coefficient (Wildman–Crippen LogP) is 1.60. The Morgan fingerprint density at radius 1 is 1.21 bits per heavy atom. The minimum Gasteiger partial charge on any atom is -0.352 e. The minimum atomic E-state index is -0.353. The average molecular weight is 269 g/mol. The highest BCUT2D eigenvalue weighted by Gasteiger charge is 2.23. The van der Waals surface area contributed by atoms with Gasteiger partial charge in [0.25, 0.3) is 0 Å². The van der Waals surface area contributed by atoms with Crippen LogP contribution in [0.4, 0.5) is 0 Å². The maximum atomic E-state index is 12.0. The highest BCUT2D eigenvalue weighted by atomic mass is 16.2. The lowest BCUT2D eigenvalue weighted by molar-refractivity contribution is -0.123. The third kappa shape index (κ3) is 6.39. The van der Waals surface area contributed by atoms with Crippen LogP contribution in [0.25, 0.3) is 0 Å². The number of amides is 1. The van der Waals surface area contributed by atoms with Crippen LogP contribution in [-0.2, 0) is 4.79 Å². The Morgan fingerprint density at radius 2 is 1.79 bits per heavy atom. The molecule has 1 amide bonds. The molecule has 0 unspecified atom stereocenters. The van der Waals surface area contributed by atoms with Crippen LogP contribution in [0.1, 0.15) is 47.0 Å². The molecule has 0 spiro atoms. The second-order valence-electron chi connectivity index (χ2n) is 6.71. The number of likely N-dealkylation sites (tertiary alicyclic amines) is 1. The fourth-order valence-electron chi connectivity index (χ4n) is 2.70. The van der Waals surface area contributed by atoms with E-state index in [1.165, 1.54) is 0 Å². The molecular weight excluding hydrogens is 238 g/mol. The molecule has 1 fully saturated rings. The zero-order valence-corrected chi connectivity index (χ0v) is 13.0. The van der Waals surface area contributed by atoms with Crippen LogP contribution in [0, 0.1) is 11.8 Å². The van der Waals surface area contributed by atoms with Crippen molar-refractivity contribution in [1.82, 2.24) is 10.2 Å². The van der Waals surface area contributed by atoms with Gasteiger partial charge in [-0.25, -0.2) is 0 Å². The van der Waals surface area contributed by atoms with Crippen molar-refractivity contribution in [3.8, 4) is 0 Å². The van der Waals surface area contributed by atoms with E-state index in [0.29, 0.717) is 17.9 Å². The molecule has 0 aromatic rings. The van der Waals surface area contributed by atoms with Gasteiger partial charge < -0.3 is 16.0 Å². The molecule has 1 atom stereocenters. The number of hydrogen-bond donors (Lipinski definition) is 2.